The molecule has 0 aliphatic carbocycles. The van der Waals surface area contributed by atoms with E-state index in [1.807, 2.05) is 0 Å². The number of ether oxygens (including phenoxy) is 3. The van der Waals surface area contributed by atoms with Gasteiger partial charge >= 0.3 is 5.69 Å². The predicted molar refractivity (Wildman–Crippen MR) is 93.5 cm³/mol. The number of nitrogens with zero attached hydrogens (tertiary/aromatic N) is 2. The summed E-state index contributed by atoms with van der Waals surface area (Å²) >= 11 is 3.32. The Labute approximate surface area is 162 Å². The summed E-state index contributed by atoms with van der Waals surface area (Å²) in [6.45, 7) is 0.533. The first-order valence-electron chi connectivity index (χ1n) is 7.75. The van der Waals surface area contributed by atoms with Crippen molar-refractivity contribution in [3.8, 4) is 23.0 Å². The average molecular weight is 457 g/mol. The molecule has 0 bridgehead atoms. The fourth-order valence-corrected chi connectivity index (χ4v) is 3.26. The van der Waals surface area contributed by atoms with Gasteiger partial charge in [0.15, 0.2) is 17.3 Å². The summed E-state index contributed by atoms with van der Waals surface area (Å²) in [6, 6.07) is 3.17. The Balaban J connectivity index is 1.91. The van der Waals surface area contributed by atoms with Crippen molar-refractivity contribution in [2.45, 2.75) is 0 Å². The molecule has 1 aliphatic rings. The summed E-state index contributed by atoms with van der Waals surface area (Å²) < 4.78 is 59.3. The van der Waals surface area contributed by atoms with Crippen molar-refractivity contribution in [2.24, 2.45) is 0 Å². The summed E-state index contributed by atoms with van der Waals surface area (Å²) in [5.41, 5.74) is -0.983. The normalized spacial score (nSPS) is 12.9. The van der Waals surface area contributed by atoms with Gasteiger partial charge in [-0.2, -0.15) is 8.78 Å². The number of fused-ring (bicyclic) bond motifs is 3. The van der Waals surface area contributed by atoms with E-state index >= 15 is 0 Å². The number of hydrogen-bond donors (Lipinski definition) is 0. The van der Waals surface area contributed by atoms with E-state index in [1.165, 1.54) is 12.3 Å². The van der Waals surface area contributed by atoms with Gasteiger partial charge in [0.1, 0.15) is 19.0 Å². The highest BCUT2D eigenvalue weighted by molar-refractivity contribution is 9.10. The smallest absolute Gasteiger partial charge is 0.311 e. The van der Waals surface area contributed by atoms with Gasteiger partial charge in [-0.25, -0.2) is 4.39 Å². The minimum atomic E-state index is -1.83. The van der Waals surface area contributed by atoms with E-state index in [1.54, 1.807) is 6.07 Å². The number of benzene rings is 2. The molecule has 2 aromatic carbocycles. The van der Waals surface area contributed by atoms with E-state index in [2.05, 4.69) is 20.9 Å². The lowest BCUT2D eigenvalue weighted by molar-refractivity contribution is -0.388. The molecule has 0 saturated carbocycles. The molecule has 0 N–H and O–H groups in total. The third-order valence-corrected chi connectivity index (χ3v) is 4.55. The molecule has 28 heavy (non-hydrogen) atoms. The first-order valence-corrected chi connectivity index (χ1v) is 8.54. The predicted octanol–water partition coefficient (Wildman–Crippen LogP) is 4.89. The van der Waals surface area contributed by atoms with Crippen LogP contribution in [0.1, 0.15) is 0 Å². The van der Waals surface area contributed by atoms with E-state index in [4.69, 9.17) is 14.2 Å². The molecule has 1 aromatic heterocycles. The van der Waals surface area contributed by atoms with Gasteiger partial charge in [-0.1, -0.05) is 0 Å². The van der Waals surface area contributed by atoms with Crippen LogP contribution in [0.4, 0.5) is 18.9 Å². The number of pyridine rings is 1. The molecule has 0 radical (unpaired) electrons. The zero-order chi connectivity index (χ0) is 20.0. The van der Waals surface area contributed by atoms with E-state index in [0.29, 0.717) is 22.3 Å². The molecule has 0 saturated heterocycles. The maximum absolute atomic E-state index is 14.3. The van der Waals surface area contributed by atoms with Crippen LogP contribution in [-0.2, 0) is 0 Å². The van der Waals surface area contributed by atoms with Crippen LogP contribution < -0.4 is 14.2 Å². The maximum Gasteiger partial charge on any atom is 0.311 e. The zero-order valence-corrected chi connectivity index (χ0v) is 15.3. The topological polar surface area (TPSA) is 83.7 Å². The van der Waals surface area contributed by atoms with Crippen molar-refractivity contribution in [1.29, 1.82) is 0 Å². The molecule has 11 heteroatoms. The van der Waals surface area contributed by atoms with E-state index in [0.717, 1.165) is 0 Å². The summed E-state index contributed by atoms with van der Waals surface area (Å²) in [7, 11) is 0. The standard InChI is InChI=1S/C17H8BrF3N2O5/c18-7-5-11-17(27-4-3-26-11)12-10(1-2-22-15(7)12)28-16-8(19)6-9(23(24)25)13(20)14(16)21/h1-2,5-6H,3-4H2. The van der Waals surface area contributed by atoms with Crippen LogP contribution >= 0.6 is 15.9 Å². The van der Waals surface area contributed by atoms with Crippen molar-refractivity contribution in [1.82, 2.24) is 4.98 Å². The van der Waals surface area contributed by atoms with Gasteiger partial charge in [0.25, 0.3) is 0 Å². The van der Waals surface area contributed by atoms with Crippen molar-refractivity contribution in [3.63, 3.8) is 0 Å². The van der Waals surface area contributed by atoms with Crippen molar-refractivity contribution >= 4 is 32.5 Å². The number of halogens is 4. The summed E-state index contributed by atoms with van der Waals surface area (Å²) in [4.78, 5) is 13.7. The van der Waals surface area contributed by atoms with Crippen LogP contribution in [0, 0.1) is 27.6 Å². The Kier molecular flexibility index (Phi) is 4.46. The van der Waals surface area contributed by atoms with Gasteiger partial charge in [0.2, 0.25) is 17.4 Å². The molecular formula is C17H8BrF3N2O5. The lowest BCUT2D eigenvalue weighted by Gasteiger charge is -2.21. The second kappa shape index (κ2) is 6.82. The number of nitro groups is 1. The Hall–Kier alpha value is -3.08. The van der Waals surface area contributed by atoms with Crippen LogP contribution in [0.15, 0.2) is 28.9 Å². The van der Waals surface area contributed by atoms with Gasteiger partial charge in [0.05, 0.1) is 21.9 Å². The average Bonchev–Trinajstić information content (AvgIpc) is 2.68. The lowest BCUT2D eigenvalue weighted by atomic mass is 10.1. The first kappa shape index (κ1) is 18.3. The number of rotatable bonds is 3. The molecule has 0 atom stereocenters. The monoisotopic (exact) mass is 456 g/mol. The highest BCUT2D eigenvalue weighted by Crippen LogP contribution is 2.46. The van der Waals surface area contributed by atoms with Gasteiger partial charge in [-0.15, -0.1) is 0 Å². The highest BCUT2D eigenvalue weighted by Gasteiger charge is 2.29. The molecule has 1 aliphatic heterocycles. The van der Waals surface area contributed by atoms with Crippen LogP contribution in [0.5, 0.6) is 23.0 Å². The number of hydrogen-bond acceptors (Lipinski definition) is 6. The van der Waals surface area contributed by atoms with E-state index < -0.39 is 33.8 Å². The minimum absolute atomic E-state index is 0.0981. The SMILES string of the molecule is O=[N+]([O-])c1cc(F)c(Oc2ccnc3c(Br)cc4c(c23)OCCO4)c(F)c1F. The molecule has 2 heterocycles. The molecule has 0 unspecified atom stereocenters. The molecule has 3 aromatic rings. The first-order chi connectivity index (χ1) is 13.4. The Morgan fingerprint density at radius 2 is 1.93 bits per heavy atom. The molecule has 0 fully saturated rings. The summed E-state index contributed by atoms with van der Waals surface area (Å²) in [5, 5.41) is 11.0. The van der Waals surface area contributed by atoms with Crippen LogP contribution in [0.2, 0.25) is 0 Å². The highest BCUT2D eigenvalue weighted by atomic mass is 79.9. The van der Waals surface area contributed by atoms with Crippen molar-refractivity contribution < 1.29 is 32.3 Å². The fourth-order valence-electron chi connectivity index (χ4n) is 2.75. The quantitative estimate of drug-likeness (QED) is 0.317. The van der Waals surface area contributed by atoms with Gasteiger partial charge in [0, 0.05) is 16.7 Å². The van der Waals surface area contributed by atoms with Crippen LogP contribution in [0.3, 0.4) is 0 Å². The third-order valence-electron chi connectivity index (χ3n) is 3.94. The van der Waals surface area contributed by atoms with Crippen molar-refractivity contribution in [3.05, 3.63) is 56.4 Å². The Bertz CT molecular complexity index is 1140. The van der Waals surface area contributed by atoms with Gasteiger partial charge in [-0.05, 0) is 22.0 Å². The largest absolute Gasteiger partial charge is 0.486 e. The van der Waals surface area contributed by atoms with Gasteiger partial charge < -0.3 is 14.2 Å². The molecule has 0 spiro atoms. The fraction of sp³-hybridized carbons (Fsp3) is 0.118. The maximum atomic E-state index is 14.3. The summed E-state index contributed by atoms with van der Waals surface area (Å²) in [5.74, 6) is -5.70. The second-order valence-corrected chi connectivity index (χ2v) is 6.46. The van der Waals surface area contributed by atoms with Crippen LogP contribution in [-0.4, -0.2) is 23.1 Å². The lowest BCUT2D eigenvalue weighted by Crippen LogP contribution is -2.16. The van der Waals surface area contributed by atoms with Gasteiger partial charge in [-0.3, -0.25) is 15.1 Å². The molecule has 0 amide bonds. The Morgan fingerprint density at radius 1 is 1.18 bits per heavy atom. The molecule has 144 valence electrons. The minimum Gasteiger partial charge on any atom is -0.486 e. The third kappa shape index (κ3) is 2.87. The molecule has 7 nitrogen and oxygen atoms in total. The van der Waals surface area contributed by atoms with E-state index in [9.17, 15) is 23.3 Å². The van der Waals surface area contributed by atoms with Crippen molar-refractivity contribution in [2.75, 3.05) is 13.2 Å². The van der Waals surface area contributed by atoms with E-state index in [-0.39, 0.29) is 29.6 Å². The molecular weight excluding hydrogens is 449 g/mol. The summed E-state index contributed by atoms with van der Waals surface area (Å²) in [6.07, 6.45) is 1.32. The van der Waals surface area contributed by atoms with Crippen LogP contribution in [0.25, 0.3) is 10.9 Å². The Morgan fingerprint density at radius 3 is 2.68 bits per heavy atom. The molecule has 4 rings (SSSR count). The number of nitro benzene ring substituents is 1. The number of aromatic nitrogens is 1. The second-order valence-electron chi connectivity index (χ2n) is 5.61. The zero-order valence-electron chi connectivity index (χ0n) is 13.7.